The Morgan fingerprint density at radius 2 is 1.68 bits per heavy atom. The molecule has 96 valence electrons. The van der Waals surface area contributed by atoms with Crippen molar-refractivity contribution in [2.45, 2.75) is 6.61 Å². The first-order valence-corrected chi connectivity index (χ1v) is 5.42. The summed E-state index contributed by atoms with van der Waals surface area (Å²) in [7, 11) is 0. The summed E-state index contributed by atoms with van der Waals surface area (Å²) in [5.41, 5.74) is -0.314. The Bertz CT molecular complexity index is 650. The molecule has 0 aliphatic rings. The molecule has 2 aromatic carbocycles. The average molecular weight is 261 g/mol. The van der Waals surface area contributed by atoms with Crippen molar-refractivity contribution in [3.8, 4) is 17.6 Å². The van der Waals surface area contributed by atoms with Crippen LogP contribution in [0.3, 0.4) is 0 Å². The molecular weight excluding hydrogens is 252 g/mol. The summed E-state index contributed by atoms with van der Waals surface area (Å²) in [6.07, 6.45) is 0. The van der Waals surface area contributed by atoms with Crippen molar-refractivity contribution in [1.82, 2.24) is 0 Å². The molecule has 0 fully saturated rings. The van der Waals surface area contributed by atoms with E-state index in [-0.39, 0.29) is 22.6 Å². The second-order valence-corrected chi connectivity index (χ2v) is 3.70. The number of hydrogen-bond donors (Lipinski definition) is 1. The Hall–Kier alpha value is -2.45. The highest BCUT2D eigenvalue weighted by Gasteiger charge is 2.13. The summed E-state index contributed by atoms with van der Waals surface area (Å²) < 4.78 is 32.1. The smallest absolute Gasteiger partial charge is 0.148 e. The number of aliphatic hydroxyl groups excluding tert-OH is 1. The van der Waals surface area contributed by atoms with Gasteiger partial charge in [0.25, 0.3) is 0 Å². The van der Waals surface area contributed by atoms with Crippen LogP contribution in [0.1, 0.15) is 11.1 Å². The van der Waals surface area contributed by atoms with Gasteiger partial charge in [-0.15, -0.1) is 0 Å². The molecule has 0 saturated heterocycles. The van der Waals surface area contributed by atoms with E-state index in [0.717, 1.165) is 6.07 Å². The Morgan fingerprint density at radius 3 is 2.32 bits per heavy atom. The van der Waals surface area contributed by atoms with Crippen LogP contribution in [-0.2, 0) is 6.61 Å². The number of benzene rings is 2. The summed E-state index contributed by atoms with van der Waals surface area (Å²) in [6, 6.07) is 9.59. The standard InChI is InChI=1S/C14H9F2NO2/c15-11-3-1-5-13(9(11)7-17)19-14-6-2-4-12(16)10(14)8-18/h1-6,18H,8H2. The molecule has 0 bridgehead atoms. The third-order valence-corrected chi connectivity index (χ3v) is 2.54. The largest absolute Gasteiger partial charge is 0.455 e. The number of hydrogen-bond acceptors (Lipinski definition) is 3. The summed E-state index contributed by atoms with van der Waals surface area (Å²) in [6.45, 7) is -0.556. The highest BCUT2D eigenvalue weighted by molar-refractivity contribution is 5.47. The molecule has 19 heavy (non-hydrogen) atoms. The van der Waals surface area contributed by atoms with Gasteiger partial charge in [-0.3, -0.25) is 0 Å². The molecule has 0 aromatic heterocycles. The van der Waals surface area contributed by atoms with Crippen molar-refractivity contribution in [2.75, 3.05) is 0 Å². The SMILES string of the molecule is N#Cc1c(F)cccc1Oc1cccc(F)c1CO. The predicted molar refractivity (Wildman–Crippen MR) is 63.5 cm³/mol. The second-order valence-electron chi connectivity index (χ2n) is 3.70. The van der Waals surface area contributed by atoms with Gasteiger partial charge in [-0.1, -0.05) is 12.1 Å². The lowest BCUT2D eigenvalue weighted by molar-refractivity contribution is 0.270. The van der Waals surface area contributed by atoms with Crippen LogP contribution in [0.2, 0.25) is 0 Å². The van der Waals surface area contributed by atoms with Gasteiger partial charge in [0.2, 0.25) is 0 Å². The van der Waals surface area contributed by atoms with Gasteiger partial charge < -0.3 is 9.84 Å². The maximum atomic E-state index is 13.4. The van der Waals surface area contributed by atoms with Crippen LogP contribution in [0.5, 0.6) is 11.5 Å². The number of ether oxygens (including phenoxy) is 1. The van der Waals surface area contributed by atoms with E-state index in [2.05, 4.69) is 0 Å². The summed E-state index contributed by atoms with van der Waals surface area (Å²) in [4.78, 5) is 0. The van der Waals surface area contributed by atoms with E-state index in [1.807, 2.05) is 0 Å². The van der Waals surface area contributed by atoms with Crippen LogP contribution in [0.4, 0.5) is 8.78 Å². The molecule has 2 rings (SSSR count). The van der Waals surface area contributed by atoms with Gasteiger partial charge in [-0.25, -0.2) is 8.78 Å². The Morgan fingerprint density at radius 1 is 1.05 bits per heavy atom. The zero-order valence-electron chi connectivity index (χ0n) is 9.73. The minimum absolute atomic E-state index is 0.0252. The molecule has 5 heteroatoms. The van der Waals surface area contributed by atoms with Crippen LogP contribution in [0, 0.1) is 23.0 Å². The first-order chi connectivity index (χ1) is 9.17. The molecule has 0 atom stereocenters. The van der Waals surface area contributed by atoms with Crippen molar-refractivity contribution in [3.63, 3.8) is 0 Å². The van der Waals surface area contributed by atoms with Gasteiger partial charge in [-0.2, -0.15) is 5.26 Å². The number of aliphatic hydroxyl groups is 1. The number of halogens is 2. The summed E-state index contributed by atoms with van der Waals surface area (Å²) >= 11 is 0. The molecule has 0 spiro atoms. The van der Waals surface area contributed by atoms with E-state index in [4.69, 9.17) is 15.1 Å². The fourth-order valence-corrected chi connectivity index (χ4v) is 1.60. The van der Waals surface area contributed by atoms with E-state index < -0.39 is 18.2 Å². The molecule has 3 nitrogen and oxygen atoms in total. The van der Waals surface area contributed by atoms with Crippen molar-refractivity contribution in [1.29, 1.82) is 5.26 Å². The molecule has 0 aliphatic carbocycles. The first kappa shape index (κ1) is 13.0. The molecule has 0 aliphatic heterocycles. The molecule has 0 amide bonds. The van der Waals surface area contributed by atoms with Gasteiger partial charge in [0, 0.05) is 0 Å². The molecule has 2 aromatic rings. The van der Waals surface area contributed by atoms with Gasteiger partial charge in [0.1, 0.15) is 34.8 Å². The van der Waals surface area contributed by atoms with Crippen LogP contribution in [0.15, 0.2) is 36.4 Å². The molecular formula is C14H9F2NO2. The van der Waals surface area contributed by atoms with Crippen LogP contribution in [0.25, 0.3) is 0 Å². The van der Waals surface area contributed by atoms with E-state index in [1.54, 1.807) is 6.07 Å². The zero-order valence-corrected chi connectivity index (χ0v) is 9.73. The third-order valence-electron chi connectivity index (χ3n) is 2.54. The summed E-state index contributed by atoms with van der Waals surface area (Å²) in [5.74, 6) is -1.33. The minimum Gasteiger partial charge on any atom is -0.455 e. The highest BCUT2D eigenvalue weighted by Crippen LogP contribution is 2.30. The van der Waals surface area contributed by atoms with Crippen molar-refractivity contribution in [2.24, 2.45) is 0 Å². The fraction of sp³-hybridized carbons (Fsp3) is 0.0714. The normalized spacial score (nSPS) is 10.0. The number of nitriles is 1. The molecule has 0 radical (unpaired) electrons. The fourth-order valence-electron chi connectivity index (χ4n) is 1.60. The van der Waals surface area contributed by atoms with Gasteiger partial charge >= 0.3 is 0 Å². The molecule has 0 saturated carbocycles. The lowest BCUT2D eigenvalue weighted by Crippen LogP contribution is -1.97. The first-order valence-electron chi connectivity index (χ1n) is 5.42. The third kappa shape index (κ3) is 2.54. The molecule has 0 unspecified atom stereocenters. The quantitative estimate of drug-likeness (QED) is 0.923. The van der Waals surface area contributed by atoms with Crippen LogP contribution < -0.4 is 4.74 Å². The number of rotatable bonds is 3. The molecule has 0 heterocycles. The second kappa shape index (κ2) is 5.46. The van der Waals surface area contributed by atoms with E-state index in [9.17, 15) is 8.78 Å². The minimum atomic E-state index is -0.720. The monoisotopic (exact) mass is 261 g/mol. The lowest BCUT2D eigenvalue weighted by Gasteiger charge is -2.11. The maximum Gasteiger partial charge on any atom is 0.148 e. The van der Waals surface area contributed by atoms with E-state index in [0.29, 0.717) is 0 Å². The van der Waals surface area contributed by atoms with Crippen molar-refractivity contribution >= 4 is 0 Å². The summed E-state index contributed by atoms with van der Waals surface area (Å²) in [5, 5.41) is 18.0. The molecule has 1 N–H and O–H groups in total. The average Bonchev–Trinajstić information content (AvgIpc) is 2.39. The van der Waals surface area contributed by atoms with Crippen molar-refractivity contribution < 1.29 is 18.6 Å². The topological polar surface area (TPSA) is 53.2 Å². The highest BCUT2D eigenvalue weighted by atomic mass is 19.1. The Balaban J connectivity index is 2.46. The Kier molecular flexibility index (Phi) is 3.74. The number of nitrogens with zero attached hydrogens (tertiary/aromatic N) is 1. The Labute approximate surface area is 108 Å². The van der Waals surface area contributed by atoms with Gasteiger partial charge in [-0.05, 0) is 24.3 Å². The predicted octanol–water partition coefficient (Wildman–Crippen LogP) is 3.12. The maximum absolute atomic E-state index is 13.4. The van der Waals surface area contributed by atoms with E-state index in [1.165, 1.54) is 30.3 Å². The van der Waals surface area contributed by atoms with Crippen LogP contribution >= 0.6 is 0 Å². The van der Waals surface area contributed by atoms with E-state index >= 15 is 0 Å². The van der Waals surface area contributed by atoms with Crippen LogP contribution in [-0.4, -0.2) is 5.11 Å². The van der Waals surface area contributed by atoms with Crippen molar-refractivity contribution in [3.05, 3.63) is 59.2 Å². The van der Waals surface area contributed by atoms with Gasteiger partial charge in [0.05, 0.1) is 12.2 Å². The van der Waals surface area contributed by atoms with Gasteiger partial charge in [0.15, 0.2) is 0 Å². The zero-order chi connectivity index (χ0) is 13.8. The lowest BCUT2D eigenvalue weighted by atomic mass is 10.2.